The maximum atomic E-state index is 13.0. The number of H-pyrrole nitrogens is 1. The second kappa shape index (κ2) is 7.67. The third-order valence-corrected chi connectivity index (χ3v) is 6.61. The summed E-state index contributed by atoms with van der Waals surface area (Å²) in [7, 11) is 0. The summed E-state index contributed by atoms with van der Waals surface area (Å²) in [6, 6.07) is 10.8. The molecule has 2 aliphatic rings. The van der Waals surface area contributed by atoms with Crippen LogP contribution in [0, 0.1) is 6.92 Å². The molecule has 6 nitrogen and oxygen atoms in total. The Morgan fingerprint density at radius 3 is 2.76 bits per heavy atom. The molecule has 2 aliphatic heterocycles. The van der Waals surface area contributed by atoms with Crippen LogP contribution in [0.1, 0.15) is 59.4 Å². The molecule has 1 unspecified atom stereocenters. The van der Waals surface area contributed by atoms with Crippen LogP contribution in [-0.2, 0) is 0 Å². The number of fused-ring (bicyclic) bond motifs is 1. The number of nitrogens with zero attached hydrogens (tertiary/aromatic N) is 3. The number of hydrogen-bond acceptors (Lipinski definition) is 3. The zero-order valence-corrected chi connectivity index (χ0v) is 17.0. The number of aryl methyl sites for hydroxylation is 1. The van der Waals surface area contributed by atoms with Crippen molar-refractivity contribution in [2.75, 3.05) is 26.2 Å². The quantitative estimate of drug-likeness (QED) is 0.717. The minimum absolute atomic E-state index is 0.0709. The molecule has 6 heteroatoms. The lowest BCUT2D eigenvalue weighted by Crippen LogP contribution is -2.38. The van der Waals surface area contributed by atoms with Gasteiger partial charge in [-0.1, -0.05) is 18.2 Å². The number of carbonyl (C=O) groups is 1. The number of aromatic amines is 1. The Kier molecular flexibility index (Phi) is 4.87. The Morgan fingerprint density at radius 2 is 1.97 bits per heavy atom. The summed E-state index contributed by atoms with van der Waals surface area (Å²) in [6.45, 7) is 5.76. The van der Waals surface area contributed by atoms with Crippen molar-refractivity contribution in [1.82, 2.24) is 25.0 Å². The average Bonchev–Trinajstić information content (AvgIpc) is 3.38. The van der Waals surface area contributed by atoms with E-state index in [9.17, 15) is 4.79 Å². The van der Waals surface area contributed by atoms with Crippen LogP contribution in [-0.4, -0.2) is 51.8 Å². The van der Waals surface area contributed by atoms with Crippen molar-refractivity contribution in [1.29, 1.82) is 0 Å². The first-order valence-corrected chi connectivity index (χ1v) is 10.8. The normalized spacial score (nSPS) is 21.0. The van der Waals surface area contributed by atoms with Gasteiger partial charge in [0.15, 0.2) is 0 Å². The van der Waals surface area contributed by atoms with Crippen LogP contribution in [0.25, 0.3) is 10.9 Å². The van der Waals surface area contributed by atoms with E-state index in [1.807, 2.05) is 21.8 Å². The second-order valence-electron chi connectivity index (χ2n) is 8.46. The summed E-state index contributed by atoms with van der Waals surface area (Å²) in [5.41, 5.74) is 4.48. The summed E-state index contributed by atoms with van der Waals surface area (Å²) in [4.78, 5) is 18.5. The highest BCUT2D eigenvalue weighted by Crippen LogP contribution is 2.35. The van der Waals surface area contributed by atoms with Gasteiger partial charge in [-0.05, 0) is 62.8 Å². The summed E-state index contributed by atoms with van der Waals surface area (Å²) < 4.78 is 1.97. The molecule has 0 bridgehead atoms. The molecule has 0 aliphatic carbocycles. The van der Waals surface area contributed by atoms with Crippen LogP contribution in [0.15, 0.2) is 36.5 Å². The van der Waals surface area contributed by atoms with Crippen LogP contribution >= 0.6 is 0 Å². The predicted molar refractivity (Wildman–Crippen MR) is 114 cm³/mol. The largest absolute Gasteiger partial charge is 0.358 e. The van der Waals surface area contributed by atoms with Gasteiger partial charge in [-0.2, -0.15) is 5.10 Å². The molecular formula is C23H29N5O. The molecule has 3 aromatic rings. The summed E-state index contributed by atoms with van der Waals surface area (Å²) in [5.74, 6) is 0.572. The van der Waals surface area contributed by atoms with Crippen LogP contribution in [0.2, 0.25) is 0 Å². The Hall–Kier alpha value is -2.60. The monoisotopic (exact) mass is 391 g/mol. The fraction of sp³-hybridized carbons (Fsp3) is 0.478. The number of likely N-dealkylation sites (tertiary alicyclic amines) is 1. The molecule has 0 saturated carbocycles. The highest BCUT2D eigenvalue weighted by atomic mass is 16.2. The molecule has 1 amide bonds. The first-order chi connectivity index (χ1) is 14.2. The molecule has 2 aromatic heterocycles. The molecule has 2 saturated heterocycles. The Bertz CT molecular complexity index is 1010. The number of benzene rings is 1. The minimum Gasteiger partial charge on any atom is -0.358 e. The number of hydrogen-bond donors (Lipinski definition) is 2. The molecular weight excluding hydrogens is 362 g/mol. The van der Waals surface area contributed by atoms with Crippen LogP contribution < -0.4 is 5.32 Å². The van der Waals surface area contributed by atoms with Gasteiger partial charge < -0.3 is 15.2 Å². The standard InChI is InChI=1S/C23H29N5O/c1-16-22(19-6-2-3-7-20(19)25-16)17-8-12-27(13-9-17)23(29)21-10-14-28(26-21)18-5-4-11-24-15-18/h2-3,6-7,10,14,17-18,24-25H,4-5,8-9,11-13,15H2,1H3. The molecule has 152 valence electrons. The van der Waals surface area contributed by atoms with E-state index in [0.29, 0.717) is 17.7 Å². The second-order valence-corrected chi connectivity index (χ2v) is 8.46. The SMILES string of the molecule is Cc1[nH]c2ccccc2c1C1CCN(C(=O)c2ccn(C3CCCNC3)n2)CC1. The highest BCUT2D eigenvalue weighted by molar-refractivity contribution is 5.92. The van der Waals surface area contributed by atoms with Gasteiger partial charge >= 0.3 is 0 Å². The predicted octanol–water partition coefficient (Wildman–Crippen LogP) is 3.62. The first kappa shape index (κ1) is 18.4. The van der Waals surface area contributed by atoms with Crippen molar-refractivity contribution in [3.05, 3.63) is 53.5 Å². The maximum Gasteiger partial charge on any atom is 0.274 e. The third-order valence-electron chi connectivity index (χ3n) is 6.61. The number of piperidine rings is 2. The van der Waals surface area contributed by atoms with E-state index < -0.39 is 0 Å². The lowest BCUT2D eigenvalue weighted by molar-refractivity contribution is 0.0705. The Labute approximate surface area is 171 Å². The lowest BCUT2D eigenvalue weighted by Gasteiger charge is -2.32. The molecule has 1 aromatic carbocycles. The van der Waals surface area contributed by atoms with E-state index in [0.717, 1.165) is 51.9 Å². The fourth-order valence-electron chi connectivity index (χ4n) is 5.07. The number of nitrogens with one attached hydrogen (secondary N) is 2. The van der Waals surface area contributed by atoms with Crippen molar-refractivity contribution < 1.29 is 4.79 Å². The number of aromatic nitrogens is 3. The van der Waals surface area contributed by atoms with E-state index in [4.69, 9.17) is 0 Å². The van der Waals surface area contributed by atoms with Crippen LogP contribution in [0.4, 0.5) is 0 Å². The first-order valence-electron chi connectivity index (χ1n) is 10.8. The molecule has 29 heavy (non-hydrogen) atoms. The molecule has 4 heterocycles. The number of carbonyl (C=O) groups excluding carboxylic acids is 1. The van der Waals surface area contributed by atoms with Crippen molar-refractivity contribution in [2.45, 2.75) is 44.6 Å². The van der Waals surface area contributed by atoms with Gasteiger partial charge in [0.25, 0.3) is 5.91 Å². The van der Waals surface area contributed by atoms with Gasteiger partial charge in [0.1, 0.15) is 5.69 Å². The van der Waals surface area contributed by atoms with Gasteiger partial charge in [-0.15, -0.1) is 0 Å². The van der Waals surface area contributed by atoms with E-state index in [1.54, 1.807) is 0 Å². The van der Waals surface area contributed by atoms with Crippen molar-refractivity contribution in [3.8, 4) is 0 Å². The zero-order chi connectivity index (χ0) is 19.8. The summed E-state index contributed by atoms with van der Waals surface area (Å²) in [5, 5.41) is 9.35. The Morgan fingerprint density at radius 1 is 1.14 bits per heavy atom. The summed E-state index contributed by atoms with van der Waals surface area (Å²) >= 11 is 0. The lowest BCUT2D eigenvalue weighted by atomic mass is 9.87. The van der Waals surface area contributed by atoms with Crippen LogP contribution in [0.5, 0.6) is 0 Å². The molecule has 5 rings (SSSR count). The molecule has 0 radical (unpaired) electrons. The number of rotatable bonds is 3. The third kappa shape index (κ3) is 3.46. The molecule has 1 atom stereocenters. The average molecular weight is 392 g/mol. The van der Waals surface area contributed by atoms with Gasteiger partial charge in [0, 0.05) is 42.4 Å². The maximum absolute atomic E-state index is 13.0. The molecule has 2 fully saturated rings. The minimum atomic E-state index is 0.0709. The Balaban J connectivity index is 1.26. The van der Waals surface area contributed by atoms with E-state index >= 15 is 0 Å². The highest BCUT2D eigenvalue weighted by Gasteiger charge is 2.28. The zero-order valence-electron chi connectivity index (χ0n) is 17.0. The van der Waals surface area contributed by atoms with Gasteiger partial charge in [-0.3, -0.25) is 9.48 Å². The van der Waals surface area contributed by atoms with E-state index in [2.05, 4.69) is 46.6 Å². The van der Waals surface area contributed by atoms with E-state index in [1.165, 1.54) is 22.2 Å². The van der Waals surface area contributed by atoms with Crippen molar-refractivity contribution in [2.24, 2.45) is 0 Å². The molecule has 2 N–H and O–H groups in total. The van der Waals surface area contributed by atoms with Gasteiger partial charge in [0.05, 0.1) is 6.04 Å². The number of amides is 1. The number of para-hydroxylation sites is 1. The van der Waals surface area contributed by atoms with Crippen molar-refractivity contribution in [3.63, 3.8) is 0 Å². The van der Waals surface area contributed by atoms with Gasteiger partial charge in [0.2, 0.25) is 0 Å². The van der Waals surface area contributed by atoms with E-state index in [-0.39, 0.29) is 5.91 Å². The summed E-state index contributed by atoms with van der Waals surface area (Å²) in [6.07, 6.45) is 6.25. The fourth-order valence-corrected chi connectivity index (χ4v) is 5.07. The topological polar surface area (TPSA) is 66.0 Å². The van der Waals surface area contributed by atoms with Crippen molar-refractivity contribution >= 4 is 16.8 Å². The molecule has 0 spiro atoms. The van der Waals surface area contributed by atoms with Crippen LogP contribution in [0.3, 0.4) is 0 Å². The van der Waals surface area contributed by atoms with Gasteiger partial charge in [-0.25, -0.2) is 0 Å². The smallest absolute Gasteiger partial charge is 0.274 e.